The van der Waals surface area contributed by atoms with Crippen LogP contribution in [0.4, 0.5) is 13.2 Å². The maximum atomic E-state index is 13.5. The van der Waals surface area contributed by atoms with Gasteiger partial charge >= 0.3 is 6.18 Å². The fourth-order valence-electron chi connectivity index (χ4n) is 3.24. The number of aromatic nitrogens is 1. The topological polar surface area (TPSA) is 71.9 Å². The molecule has 1 unspecified atom stereocenters. The van der Waals surface area contributed by atoms with Crippen molar-refractivity contribution in [3.05, 3.63) is 16.1 Å². The van der Waals surface area contributed by atoms with Gasteiger partial charge in [0.15, 0.2) is 6.29 Å². The Morgan fingerprint density at radius 1 is 1.35 bits per heavy atom. The van der Waals surface area contributed by atoms with Crippen molar-refractivity contribution in [2.75, 3.05) is 26.3 Å². The highest BCUT2D eigenvalue weighted by molar-refractivity contribution is 7.09. The number of hydrogen-bond acceptors (Lipinski definition) is 6. The number of likely N-dealkylation sites (tertiary alicyclic amines) is 1. The summed E-state index contributed by atoms with van der Waals surface area (Å²) in [5.41, 5.74) is -2.89. The number of ether oxygens (including phenoxy) is 2. The van der Waals surface area contributed by atoms with Crippen LogP contribution in [0.3, 0.4) is 0 Å². The molecule has 1 aromatic heterocycles. The van der Waals surface area contributed by atoms with Crippen LogP contribution in [-0.4, -0.2) is 59.7 Å². The molecule has 0 aliphatic carbocycles. The molecule has 0 radical (unpaired) electrons. The minimum absolute atomic E-state index is 0.129. The van der Waals surface area contributed by atoms with Gasteiger partial charge in [0.1, 0.15) is 5.01 Å². The summed E-state index contributed by atoms with van der Waals surface area (Å²) in [6.07, 6.45) is -5.16. The van der Waals surface area contributed by atoms with Gasteiger partial charge in [-0.3, -0.25) is 4.79 Å². The van der Waals surface area contributed by atoms with Gasteiger partial charge in [0.05, 0.1) is 19.6 Å². The predicted octanol–water partition coefficient (Wildman–Crippen LogP) is 2.20. The number of hydrogen-bond donors (Lipinski definition) is 1. The van der Waals surface area contributed by atoms with Crippen molar-refractivity contribution < 1.29 is 32.5 Å². The Balaban J connectivity index is 1.65. The van der Waals surface area contributed by atoms with E-state index in [0.29, 0.717) is 56.2 Å². The van der Waals surface area contributed by atoms with Crippen molar-refractivity contribution in [3.8, 4) is 0 Å². The second kappa shape index (κ2) is 7.41. The van der Waals surface area contributed by atoms with Crippen LogP contribution < -0.4 is 0 Å². The molecule has 1 atom stereocenters. The number of piperidine rings is 1. The van der Waals surface area contributed by atoms with E-state index in [1.165, 1.54) is 17.2 Å². The summed E-state index contributed by atoms with van der Waals surface area (Å²) in [5.74, 6) is -0.603. The lowest BCUT2D eigenvalue weighted by molar-refractivity contribution is -0.268. The highest BCUT2D eigenvalue weighted by atomic mass is 32.1. The molecule has 0 spiro atoms. The molecule has 6 nitrogen and oxygen atoms in total. The van der Waals surface area contributed by atoms with E-state index in [0.717, 1.165) is 0 Å². The fraction of sp³-hybridized carbons (Fsp3) is 0.750. The number of nitrogens with zero attached hydrogens (tertiary/aromatic N) is 2. The van der Waals surface area contributed by atoms with Crippen LogP contribution in [0.5, 0.6) is 0 Å². The first-order chi connectivity index (χ1) is 12.2. The number of halogens is 3. The summed E-state index contributed by atoms with van der Waals surface area (Å²) in [6.45, 7) is 3.25. The van der Waals surface area contributed by atoms with E-state index in [1.807, 2.05) is 0 Å². The molecule has 0 saturated carbocycles. The Bertz CT molecular complexity index is 640. The summed E-state index contributed by atoms with van der Waals surface area (Å²) in [7, 11) is 0. The predicted molar refractivity (Wildman–Crippen MR) is 86.4 cm³/mol. The molecule has 10 heteroatoms. The molecule has 2 fully saturated rings. The highest BCUT2D eigenvalue weighted by Gasteiger charge is 2.58. The average molecular weight is 394 g/mol. The molecular weight excluding hydrogens is 373 g/mol. The van der Waals surface area contributed by atoms with Crippen molar-refractivity contribution in [2.45, 2.75) is 44.3 Å². The lowest BCUT2D eigenvalue weighted by atomic mass is 9.94. The number of aryl methyl sites for hydroxylation is 1. The van der Waals surface area contributed by atoms with Crippen LogP contribution in [0.2, 0.25) is 0 Å². The molecule has 2 aliphatic rings. The van der Waals surface area contributed by atoms with Crippen molar-refractivity contribution in [1.82, 2.24) is 9.88 Å². The van der Waals surface area contributed by atoms with Crippen LogP contribution in [0.25, 0.3) is 0 Å². The number of rotatable bonds is 4. The maximum Gasteiger partial charge on any atom is 0.424 e. The van der Waals surface area contributed by atoms with Crippen LogP contribution in [0, 0.1) is 12.8 Å². The molecule has 2 saturated heterocycles. The minimum Gasteiger partial charge on any atom is -0.374 e. The SMILES string of the molecule is Cc1csc(C(O)(CC(=O)N2CCC(C3OCCO3)CC2)C(F)(F)F)n1. The molecule has 3 heterocycles. The van der Waals surface area contributed by atoms with Crippen molar-refractivity contribution in [3.63, 3.8) is 0 Å². The Hall–Kier alpha value is -1.23. The van der Waals surface area contributed by atoms with E-state index >= 15 is 0 Å². The second-order valence-corrected chi connectivity index (χ2v) is 7.52. The number of amides is 1. The Kier molecular flexibility index (Phi) is 5.57. The summed E-state index contributed by atoms with van der Waals surface area (Å²) in [6, 6.07) is 0. The molecule has 1 N–H and O–H groups in total. The largest absolute Gasteiger partial charge is 0.424 e. The van der Waals surface area contributed by atoms with E-state index in [9.17, 15) is 23.1 Å². The van der Waals surface area contributed by atoms with Crippen molar-refractivity contribution in [1.29, 1.82) is 0 Å². The third-order valence-electron chi connectivity index (χ3n) is 4.77. The lowest BCUT2D eigenvalue weighted by Crippen LogP contribution is -2.49. The third kappa shape index (κ3) is 3.88. The van der Waals surface area contributed by atoms with Crippen LogP contribution >= 0.6 is 11.3 Å². The molecular formula is C16H21F3N2O4S. The standard InChI is InChI=1S/C16H21F3N2O4S/c1-10-9-26-14(20-10)15(23,16(17,18)19)8-12(22)21-4-2-11(3-5-21)13-24-6-7-25-13/h9,11,13,23H,2-8H2,1H3. The fourth-order valence-corrected chi connectivity index (χ4v) is 4.16. The first kappa shape index (κ1) is 19.5. The number of carbonyl (C=O) groups excluding carboxylic acids is 1. The quantitative estimate of drug-likeness (QED) is 0.848. The molecule has 0 bridgehead atoms. The molecule has 1 aromatic rings. The highest BCUT2D eigenvalue weighted by Crippen LogP contribution is 2.43. The lowest BCUT2D eigenvalue weighted by Gasteiger charge is -2.36. The van der Waals surface area contributed by atoms with E-state index in [4.69, 9.17) is 9.47 Å². The van der Waals surface area contributed by atoms with E-state index in [2.05, 4.69) is 4.98 Å². The zero-order valence-electron chi connectivity index (χ0n) is 14.3. The molecule has 26 heavy (non-hydrogen) atoms. The molecule has 3 rings (SSSR count). The van der Waals surface area contributed by atoms with E-state index in [1.54, 1.807) is 0 Å². The molecule has 2 aliphatic heterocycles. The number of carbonyl (C=O) groups is 1. The van der Waals surface area contributed by atoms with Crippen molar-refractivity contribution in [2.24, 2.45) is 5.92 Å². The first-order valence-corrected chi connectivity index (χ1v) is 9.31. The Morgan fingerprint density at radius 2 is 1.96 bits per heavy atom. The van der Waals surface area contributed by atoms with Gasteiger partial charge < -0.3 is 19.5 Å². The molecule has 146 valence electrons. The zero-order chi connectivity index (χ0) is 18.9. The maximum absolute atomic E-state index is 13.5. The smallest absolute Gasteiger partial charge is 0.374 e. The summed E-state index contributed by atoms with van der Waals surface area (Å²) in [4.78, 5) is 17.6. The van der Waals surface area contributed by atoms with Gasteiger partial charge in [-0.2, -0.15) is 13.2 Å². The number of thiazole rings is 1. The monoisotopic (exact) mass is 394 g/mol. The molecule has 1 amide bonds. The van der Waals surface area contributed by atoms with E-state index in [-0.39, 0.29) is 12.2 Å². The van der Waals surface area contributed by atoms with Crippen LogP contribution in [0.1, 0.15) is 30.0 Å². The number of aliphatic hydroxyl groups is 1. The first-order valence-electron chi connectivity index (χ1n) is 8.43. The Labute approximate surface area is 152 Å². The zero-order valence-corrected chi connectivity index (χ0v) is 15.1. The normalized spacial score (nSPS) is 22.6. The summed E-state index contributed by atoms with van der Waals surface area (Å²) < 4.78 is 51.4. The van der Waals surface area contributed by atoms with Gasteiger partial charge in [-0.05, 0) is 19.8 Å². The van der Waals surface area contributed by atoms with Gasteiger partial charge in [-0.15, -0.1) is 11.3 Å². The average Bonchev–Trinajstić information content (AvgIpc) is 3.25. The van der Waals surface area contributed by atoms with Gasteiger partial charge in [0, 0.05) is 30.1 Å². The van der Waals surface area contributed by atoms with Crippen molar-refractivity contribution >= 4 is 17.2 Å². The van der Waals surface area contributed by atoms with E-state index < -0.39 is 29.1 Å². The van der Waals surface area contributed by atoms with Gasteiger partial charge in [-0.25, -0.2) is 4.98 Å². The summed E-state index contributed by atoms with van der Waals surface area (Å²) >= 11 is 0.704. The number of alkyl halides is 3. The summed E-state index contributed by atoms with van der Waals surface area (Å²) in [5, 5.41) is 11.2. The minimum atomic E-state index is -4.99. The van der Waals surface area contributed by atoms with Gasteiger partial charge in [0.2, 0.25) is 11.5 Å². The third-order valence-corrected chi connectivity index (χ3v) is 5.88. The molecule has 0 aromatic carbocycles. The van der Waals surface area contributed by atoms with Crippen LogP contribution in [-0.2, 0) is 19.9 Å². The Morgan fingerprint density at radius 3 is 2.46 bits per heavy atom. The van der Waals surface area contributed by atoms with Gasteiger partial charge in [0.25, 0.3) is 0 Å². The van der Waals surface area contributed by atoms with Crippen LogP contribution in [0.15, 0.2) is 5.38 Å². The second-order valence-electron chi connectivity index (χ2n) is 6.66. The van der Waals surface area contributed by atoms with Gasteiger partial charge in [-0.1, -0.05) is 0 Å².